The van der Waals surface area contributed by atoms with Gasteiger partial charge in [0, 0.05) is 16.6 Å². The lowest BCUT2D eigenvalue weighted by Crippen LogP contribution is -2.17. The maximum atomic E-state index is 14.8. The van der Waals surface area contributed by atoms with Crippen molar-refractivity contribution in [3.63, 3.8) is 0 Å². The minimum absolute atomic E-state index is 0.0339. The number of fused-ring (bicyclic) bond motifs is 1. The topological polar surface area (TPSA) is 68.5 Å². The van der Waals surface area contributed by atoms with Gasteiger partial charge in [-0.3, -0.25) is 14.2 Å². The smallest absolute Gasteiger partial charge is 0.310 e. The average molecular weight is 401 g/mol. The van der Waals surface area contributed by atoms with Crippen molar-refractivity contribution in [2.24, 2.45) is 0 Å². The Bertz CT molecular complexity index is 1100. The Morgan fingerprint density at radius 1 is 1.21 bits per heavy atom. The number of halogens is 2. The van der Waals surface area contributed by atoms with Gasteiger partial charge in [-0.1, -0.05) is 13.0 Å². The van der Waals surface area contributed by atoms with Crippen LogP contribution in [0, 0.1) is 18.6 Å². The number of ether oxygens (including phenoxy) is 1. The van der Waals surface area contributed by atoms with Crippen LogP contribution < -0.4 is 0 Å². The van der Waals surface area contributed by atoms with Crippen LogP contribution in [-0.4, -0.2) is 27.7 Å². The number of phenols is 1. The van der Waals surface area contributed by atoms with Crippen LogP contribution in [-0.2, 0) is 16.0 Å². The van der Waals surface area contributed by atoms with Gasteiger partial charge in [0.15, 0.2) is 11.6 Å². The highest BCUT2D eigenvalue weighted by Crippen LogP contribution is 2.33. The Balaban J connectivity index is 2.17. The molecule has 2 aromatic carbocycles. The first kappa shape index (κ1) is 20.5. The first-order valence-electron chi connectivity index (χ1n) is 9.25. The lowest BCUT2D eigenvalue weighted by Gasteiger charge is -2.11. The zero-order valence-electron chi connectivity index (χ0n) is 16.3. The fourth-order valence-electron chi connectivity index (χ4n) is 3.25. The molecule has 3 aromatic rings. The average Bonchev–Trinajstić information content (AvgIpc) is 2.96. The van der Waals surface area contributed by atoms with Gasteiger partial charge in [-0.25, -0.2) is 8.78 Å². The number of carbonyl (C=O) groups is 2. The van der Waals surface area contributed by atoms with E-state index in [-0.39, 0.29) is 34.6 Å². The van der Waals surface area contributed by atoms with Gasteiger partial charge in [-0.2, -0.15) is 0 Å². The summed E-state index contributed by atoms with van der Waals surface area (Å²) in [6, 6.07) is 7.67. The summed E-state index contributed by atoms with van der Waals surface area (Å²) in [6.45, 7) is 5.18. The minimum atomic E-state index is -0.928. The predicted molar refractivity (Wildman–Crippen MR) is 104 cm³/mol. The largest absolute Gasteiger partial charge is 0.505 e. The number of hydrogen-bond acceptors (Lipinski definition) is 4. The molecule has 0 aliphatic carbocycles. The lowest BCUT2D eigenvalue weighted by molar-refractivity contribution is -0.147. The number of rotatable bonds is 5. The van der Waals surface area contributed by atoms with Gasteiger partial charge >= 0.3 is 5.97 Å². The highest BCUT2D eigenvalue weighted by Gasteiger charge is 2.25. The molecular formula is C22H21F2NO4. The van der Waals surface area contributed by atoms with Gasteiger partial charge in [-0.15, -0.1) is 0 Å². The number of aromatic hydroxyl groups is 1. The second kappa shape index (κ2) is 8.03. The number of hydrogen-bond donors (Lipinski definition) is 1. The van der Waals surface area contributed by atoms with Crippen LogP contribution in [0.1, 0.15) is 41.9 Å². The summed E-state index contributed by atoms with van der Waals surface area (Å²) < 4.78 is 34.9. The molecular weight excluding hydrogens is 380 g/mol. The number of phenolic OH excluding ortho intramolecular Hbond substituents is 1. The molecule has 0 aliphatic heterocycles. The Kier molecular flexibility index (Phi) is 5.68. The van der Waals surface area contributed by atoms with E-state index in [4.69, 9.17) is 4.74 Å². The summed E-state index contributed by atoms with van der Waals surface area (Å²) >= 11 is 0. The van der Waals surface area contributed by atoms with Crippen molar-refractivity contribution < 1.29 is 28.2 Å². The number of carbonyl (C=O) groups excluding carboxylic acids is 2. The highest BCUT2D eigenvalue weighted by molar-refractivity contribution is 6.05. The standard InChI is InChI=1S/C22H21F2NO4/c1-4-12(2)29-19(27)11-16-13(3)25(17-8-9-18(26)21(24)20(16)17)22(28)14-6-5-7-15(23)10-14/h5-10,12,26H,4,11H2,1-3H3. The van der Waals surface area contributed by atoms with Gasteiger partial charge in [0.2, 0.25) is 0 Å². The monoisotopic (exact) mass is 401 g/mol. The van der Waals surface area contributed by atoms with E-state index in [2.05, 4.69) is 0 Å². The maximum absolute atomic E-state index is 14.8. The summed E-state index contributed by atoms with van der Waals surface area (Å²) in [5, 5.41) is 9.78. The summed E-state index contributed by atoms with van der Waals surface area (Å²) in [5.41, 5.74) is 0.817. The lowest BCUT2D eigenvalue weighted by atomic mass is 10.1. The molecule has 29 heavy (non-hydrogen) atoms. The van der Waals surface area contributed by atoms with Crippen molar-refractivity contribution in [3.05, 3.63) is 64.9 Å². The molecule has 0 saturated heterocycles. The Morgan fingerprint density at radius 3 is 2.59 bits per heavy atom. The molecule has 1 heterocycles. The first-order chi connectivity index (χ1) is 13.7. The third-order valence-electron chi connectivity index (χ3n) is 4.92. The molecule has 1 atom stereocenters. The second-order valence-electron chi connectivity index (χ2n) is 6.89. The van der Waals surface area contributed by atoms with E-state index in [0.29, 0.717) is 12.1 Å². The summed E-state index contributed by atoms with van der Waals surface area (Å²) in [6.07, 6.45) is 0.0548. The Morgan fingerprint density at radius 2 is 1.93 bits per heavy atom. The van der Waals surface area contributed by atoms with E-state index >= 15 is 0 Å². The molecule has 0 saturated carbocycles. The molecule has 1 aromatic heterocycles. The second-order valence-corrected chi connectivity index (χ2v) is 6.89. The SMILES string of the molecule is CCC(C)OC(=O)Cc1c(C)n(C(=O)c2cccc(F)c2)c2ccc(O)c(F)c12. The van der Waals surface area contributed by atoms with Gasteiger partial charge in [0.25, 0.3) is 5.91 Å². The molecule has 3 rings (SSSR count). The van der Waals surface area contributed by atoms with E-state index < -0.39 is 29.3 Å². The highest BCUT2D eigenvalue weighted by atomic mass is 19.1. The van der Waals surface area contributed by atoms with Crippen LogP contribution in [0.4, 0.5) is 8.78 Å². The van der Waals surface area contributed by atoms with Crippen LogP contribution in [0.15, 0.2) is 36.4 Å². The van der Waals surface area contributed by atoms with Gasteiger partial charge < -0.3 is 9.84 Å². The van der Waals surface area contributed by atoms with Crippen LogP contribution >= 0.6 is 0 Å². The van der Waals surface area contributed by atoms with E-state index in [1.807, 2.05) is 6.92 Å². The zero-order valence-corrected chi connectivity index (χ0v) is 16.3. The Labute approximate surface area is 166 Å². The molecule has 1 unspecified atom stereocenters. The first-order valence-corrected chi connectivity index (χ1v) is 9.25. The van der Waals surface area contributed by atoms with Crippen molar-refractivity contribution in [2.75, 3.05) is 0 Å². The van der Waals surface area contributed by atoms with Crippen LogP contribution in [0.25, 0.3) is 10.9 Å². The molecule has 0 spiro atoms. The minimum Gasteiger partial charge on any atom is -0.505 e. The van der Waals surface area contributed by atoms with Crippen molar-refractivity contribution >= 4 is 22.8 Å². The maximum Gasteiger partial charge on any atom is 0.310 e. The predicted octanol–water partition coefficient (Wildman–Crippen LogP) is 4.51. The Hall–Kier alpha value is -3.22. The number of aromatic nitrogens is 1. The third-order valence-corrected chi connectivity index (χ3v) is 4.92. The molecule has 0 amide bonds. The van der Waals surface area contributed by atoms with E-state index in [1.165, 1.54) is 28.8 Å². The van der Waals surface area contributed by atoms with Crippen molar-refractivity contribution in [2.45, 2.75) is 39.7 Å². The number of esters is 1. The fraction of sp³-hybridized carbons (Fsp3) is 0.273. The summed E-state index contributed by atoms with van der Waals surface area (Å²) in [4.78, 5) is 25.4. The molecule has 0 aliphatic rings. The molecule has 7 heteroatoms. The van der Waals surface area contributed by atoms with E-state index in [0.717, 1.165) is 12.1 Å². The summed E-state index contributed by atoms with van der Waals surface area (Å²) in [5.74, 6) is -3.24. The van der Waals surface area contributed by atoms with Crippen LogP contribution in [0.2, 0.25) is 0 Å². The number of nitrogens with zero attached hydrogens (tertiary/aromatic N) is 1. The quantitative estimate of drug-likeness (QED) is 0.639. The molecule has 5 nitrogen and oxygen atoms in total. The number of benzene rings is 2. The fourth-order valence-corrected chi connectivity index (χ4v) is 3.25. The van der Waals surface area contributed by atoms with Crippen LogP contribution in [0.3, 0.4) is 0 Å². The third kappa shape index (κ3) is 3.85. The van der Waals surface area contributed by atoms with Crippen molar-refractivity contribution in [1.29, 1.82) is 0 Å². The molecule has 1 N–H and O–H groups in total. The molecule has 0 fully saturated rings. The van der Waals surface area contributed by atoms with Crippen LogP contribution in [0.5, 0.6) is 5.75 Å². The van der Waals surface area contributed by atoms with Gasteiger partial charge in [0.05, 0.1) is 18.0 Å². The molecule has 152 valence electrons. The van der Waals surface area contributed by atoms with Crippen molar-refractivity contribution in [1.82, 2.24) is 4.57 Å². The zero-order chi connectivity index (χ0) is 21.3. The normalized spacial score (nSPS) is 12.2. The van der Waals surface area contributed by atoms with Gasteiger partial charge in [0.1, 0.15) is 5.82 Å². The molecule has 0 radical (unpaired) electrons. The van der Waals surface area contributed by atoms with E-state index in [9.17, 15) is 23.5 Å². The van der Waals surface area contributed by atoms with Gasteiger partial charge in [-0.05, 0) is 56.2 Å². The molecule has 0 bridgehead atoms. The van der Waals surface area contributed by atoms with Crippen molar-refractivity contribution in [3.8, 4) is 5.75 Å². The van der Waals surface area contributed by atoms with E-state index in [1.54, 1.807) is 13.8 Å². The summed E-state index contributed by atoms with van der Waals surface area (Å²) in [7, 11) is 0.